The number of halogens is 1. The van der Waals surface area contributed by atoms with Crippen LogP contribution in [0.3, 0.4) is 0 Å². The first kappa shape index (κ1) is 13.3. The normalized spacial score (nSPS) is 17.8. The quantitative estimate of drug-likeness (QED) is 0.847. The fourth-order valence-corrected chi connectivity index (χ4v) is 2.80. The van der Waals surface area contributed by atoms with Crippen molar-refractivity contribution >= 4 is 27.7 Å². The number of aliphatic carboxylic acids is 1. The molecule has 1 aromatic rings. The molecule has 2 rings (SSSR count). The third-order valence-electron chi connectivity index (χ3n) is 3.37. The maximum absolute atomic E-state index is 12.1. The van der Waals surface area contributed by atoms with Crippen LogP contribution < -0.4 is 0 Å². The highest BCUT2D eigenvalue weighted by molar-refractivity contribution is 9.10. The van der Waals surface area contributed by atoms with Crippen molar-refractivity contribution in [3.8, 4) is 0 Å². The Morgan fingerprint density at radius 2 is 2.17 bits per heavy atom. The standard InChI is InChI=1S/C14H15BrO3/c15-11-6-5-9-7-10(14(18)12(9)8-11)3-1-2-4-13(16)17/h5-6,8,10H,1-4,7H2,(H,16,17). The highest BCUT2D eigenvalue weighted by Gasteiger charge is 2.29. The number of hydrogen-bond acceptors (Lipinski definition) is 2. The van der Waals surface area contributed by atoms with Crippen LogP contribution >= 0.6 is 15.9 Å². The number of carboxylic acids is 1. The third-order valence-corrected chi connectivity index (χ3v) is 3.86. The van der Waals surface area contributed by atoms with Crippen molar-refractivity contribution in [3.05, 3.63) is 33.8 Å². The maximum Gasteiger partial charge on any atom is 0.303 e. The van der Waals surface area contributed by atoms with Crippen LogP contribution in [0.25, 0.3) is 0 Å². The number of carboxylic acid groups (broad SMARTS) is 1. The Morgan fingerprint density at radius 3 is 2.89 bits per heavy atom. The molecule has 0 saturated carbocycles. The minimum absolute atomic E-state index is 0.0445. The molecule has 1 unspecified atom stereocenters. The number of hydrogen-bond donors (Lipinski definition) is 1. The van der Waals surface area contributed by atoms with E-state index in [9.17, 15) is 9.59 Å². The van der Waals surface area contributed by atoms with Gasteiger partial charge in [0.25, 0.3) is 0 Å². The Kier molecular flexibility index (Phi) is 4.17. The smallest absolute Gasteiger partial charge is 0.303 e. The summed E-state index contributed by atoms with van der Waals surface area (Å²) in [6, 6.07) is 5.84. The largest absolute Gasteiger partial charge is 0.481 e. The third kappa shape index (κ3) is 2.99. The fraction of sp³-hybridized carbons (Fsp3) is 0.429. The molecule has 1 aliphatic carbocycles. The Morgan fingerprint density at radius 1 is 1.39 bits per heavy atom. The van der Waals surface area contributed by atoms with E-state index in [-0.39, 0.29) is 18.1 Å². The highest BCUT2D eigenvalue weighted by atomic mass is 79.9. The van der Waals surface area contributed by atoms with Crippen molar-refractivity contribution in [2.75, 3.05) is 0 Å². The molecule has 0 radical (unpaired) electrons. The second kappa shape index (κ2) is 5.65. The van der Waals surface area contributed by atoms with Gasteiger partial charge in [-0.1, -0.05) is 28.4 Å². The molecule has 0 amide bonds. The molecule has 96 valence electrons. The summed E-state index contributed by atoms with van der Waals surface area (Å²) in [6.45, 7) is 0. The summed E-state index contributed by atoms with van der Waals surface area (Å²) in [4.78, 5) is 22.5. The zero-order chi connectivity index (χ0) is 13.1. The van der Waals surface area contributed by atoms with Gasteiger partial charge >= 0.3 is 5.97 Å². The van der Waals surface area contributed by atoms with E-state index in [1.165, 1.54) is 0 Å². The summed E-state index contributed by atoms with van der Waals surface area (Å²) < 4.78 is 0.932. The van der Waals surface area contributed by atoms with E-state index in [2.05, 4.69) is 15.9 Å². The molecule has 0 aromatic heterocycles. The molecular formula is C14H15BrO3. The molecule has 0 bridgehead atoms. The lowest BCUT2D eigenvalue weighted by molar-refractivity contribution is -0.137. The van der Waals surface area contributed by atoms with Crippen LogP contribution in [0, 0.1) is 5.92 Å². The highest BCUT2D eigenvalue weighted by Crippen LogP contribution is 2.31. The van der Waals surface area contributed by atoms with E-state index in [4.69, 9.17) is 5.11 Å². The molecule has 4 heteroatoms. The number of Topliss-reactive ketones (excluding diaryl/α,β-unsaturated/α-hetero) is 1. The van der Waals surface area contributed by atoms with Crippen LogP contribution in [0.1, 0.15) is 41.6 Å². The lowest BCUT2D eigenvalue weighted by Crippen LogP contribution is -2.09. The molecular weight excluding hydrogens is 296 g/mol. The van der Waals surface area contributed by atoms with Crippen LogP contribution in [-0.4, -0.2) is 16.9 Å². The van der Waals surface area contributed by atoms with Gasteiger partial charge in [0.05, 0.1) is 0 Å². The van der Waals surface area contributed by atoms with E-state index in [0.29, 0.717) is 6.42 Å². The Labute approximate surface area is 114 Å². The summed E-state index contributed by atoms with van der Waals surface area (Å²) in [5, 5.41) is 8.56. The fourth-order valence-electron chi connectivity index (χ4n) is 2.43. The van der Waals surface area contributed by atoms with E-state index in [0.717, 1.165) is 34.9 Å². The summed E-state index contributed by atoms with van der Waals surface area (Å²) in [6.07, 6.45) is 3.24. The molecule has 0 fully saturated rings. The van der Waals surface area contributed by atoms with Crippen LogP contribution in [0.4, 0.5) is 0 Å². The van der Waals surface area contributed by atoms with Crippen molar-refractivity contribution in [1.29, 1.82) is 0 Å². The molecule has 3 nitrogen and oxygen atoms in total. The van der Waals surface area contributed by atoms with Gasteiger partial charge in [0.2, 0.25) is 0 Å². The van der Waals surface area contributed by atoms with Gasteiger partial charge < -0.3 is 5.11 Å². The molecule has 0 aliphatic heterocycles. The van der Waals surface area contributed by atoms with E-state index >= 15 is 0 Å². The summed E-state index contributed by atoms with van der Waals surface area (Å²) in [7, 11) is 0. The number of ketones is 1. The Hall–Kier alpha value is -1.16. The van der Waals surface area contributed by atoms with Gasteiger partial charge in [-0.2, -0.15) is 0 Å². The predicted octanol–water partition coefficient (Wildman–Crippen LogP) is 3.45. The summed E-state index contributed by atoms with van der Waals surface area (Å²) in [5.74, 6) is -0.510. The van der Waals surface area contributed by atoms with Crippen molar-refractivity contribution in [2.24, 2.45) is 5.92 Å². The summed E-state index contributed by atoms with van der Waals surface area (Å²) >= 11 is 3.37. The average Bonchev–Trinajstić information content (AvgIpc) is 2.62. The minimum Gasteiger partial charge on any atom is -0.481 e. The zero-order valence-corrected chi connectivity index (χ0v) is 11.6. The SMILES string of the molecule is O=C(O)CCCCC1Cc2ccc(Br)cc2C1=O. The minimum atomic E-state index is -0.764. The van der Waals surface area contributed by atoms with Crippen molar-refractivity contribution in [3.63, 3.8) is 0 Å². The van der Waals surface area contributed by atoms with E-state index < -0.39 is 5.97 Å². The average molecular weight is 311 g/mol. The maximum atomic E-state index is 12.1. The van der Waals surface area contributed by atoms with Gasteiger partial charge in [-0.05, 0) is 37.0 Å². The van der Waals surface area contributed by atoms with E-state index in [1.807, 2.05) is 18.2 Å². The van der Waals surface area contributed by atoms with Gasteiger partial charge in [0, 0.05) is 22.4 Å². The first-order chi connectivity index (χ1) is 8.58. The molecule has 0 heterocycles. The number of rotatable bonds is 5. The van der Waals surface area contributed by atoms with Gasteiger partial charge in [-0.15, -0.1) is 0 Å². The van der Waals surface area contributed by atoms with Gasteiger partial charge in [0.1, 0.15) is 0 Å². The molecule has 1 atom stereocenters. The number of carbonyl (C=O) groups is 2. The van der Waals surface area contributed by atoms with Gasteiger partial charge in [-0.25, -0.2) is 0 Å². The molecule has 18 heavy (non-hydrogen) atoms. The Bertz CT molecular complexity index is 482. The van der Waals surface area contributed by atoms with Crippen LogP contribution in [0.5, 0.6) is 0 Å². The second-order valence-corrected chi connectivity index (χ2v) is 5.62. The van der Waals surface area contributed by atoms with E-state index in [1.54, 1.807) is 0 Å². The second-order valence-electron chi connectivity index (χ2n) is 4.71. The van der Waals surface area contributed by atoms with Gasteiger partial charge in [-0.3, -0.25) is 9.59 Å². The molecule has 1 N–H and O–H groups in total. The molecule has 1 aliphatic rings. The summed E-state index contributed by atoms with van der Waals surface area (Å²) in [5.41, 5.74) is 1.94. The van der Waals surface area contributed by atoms with Crippen molar-refractivity contribution in [2.45, 2.75) is 32.1 Å². The first-order valence-electron chi connectivity index (χ1n) is 6.12. The Balaban J connectivity index is 1.91. The molecule has 0 saturated heterocycles. The van der Waals surface area contributed by atoms with Crippen LogP contribution in [0.2, 0.25) is 0 Å². The topological polar surface area (TPSA) is 54.4 Å². The number of benzene rings is 1. The van der Waals surface area contributed by atoms with Crippen molar-refractivity contribution < 1.29 is 14.7 Å². The zero-order valence-electron chi connectivity index (χ0n) is 9.99. The number of carbonyl (C=O) groups excluding carboxylic acids is 1. The number of fused-ring (bicyclic) bond motifs is 1. The van der Waals surface area contributed by atoms with Crippen LogP contribution in [-0.2, 0) is 11.2 Å². The number of unbranched alkanes of at least 4 members (excludes halogenated alkanes) is 1. The lowest BCUT2D eigenvalue weighted by Gasteiger charge is -2.06. The lowest BCUT2D eigenvalue weighted by atomic mass is 9.97. The molecule has 1 aromatic carbocycles. The predicted molar refractivity (Wildman–Crippen MR) is 71.8 cm³/mol. The van der Waals surface area contributed by atoms with Gasteiger partial charge in [0.15, 0.2) is 5.78 Å². The first-order valence-corrected chi connectivity index (χ1v) is 6.91. The van der Waals surface area contributed by atoms with Crippen molar-refractivity contribution in [1.82, 2.24) is 0 Å². The monoisotopic (exact) mass is 310 g/mol. The molecule has 0 spiro atoms. The van der Waals surface area contributed by atoms with Crippen LogP contribution in [0.15, 0.2) is 22.7 Å².